The zero-order valence-corrected chi connectivity index (χ0v) is 18.4. The number of ether oxygens (including phenoxy) is 1. The molecule has 1 aromatic heterocycles. The van der Waals surface area contributed by atoms with Gasteiger partial charge in [-0.3, -0.25) is 9.69 Å². The molecule has 0 saturated carbocycles. The van der Waals surface area contributed by atoms with Gasteiger partial charge in [0.2, 0.25) is 5.13 Å². The van der Waals surface area contributed by atoms with Gasteiger partial charge in [-0.15, -0.1) is 5.10 Å². The number of carbonyl (C=O) groups excluding carboxylic acids is 1. The van der Waals surface area contributed by atoms with Gasteiger partial charge in [0.15, 0.2) is 9.74 Å². The Bertz CT molecular complexity index is 1040. The third-order valence-electron chi connectivity index (χ3n) is 5.30. The Balaban J connectivity index is 1.33. The first-order chi connectivity index (χ1) is 14.6. The van der Waals surface area contributed by atoms with E-state index in [0.717, 1.165) is 52.0 Å². The van der Waals surface area contributed by atoms with Gasteiger partial charge >= 0.3 is 0 Å². The molecule has 1 aliphatic heterocycles. The minimum atomic E-state index is 0.0966. The Labute approximate surface area is 185 Å². The number of carbonyl (C=O) groups is 1. The van der Waals surface area contributed by atoms with E-state index < -0.39 is 0 Å². The summed E-state index contributed by atoms with van der Waals surface area (Å²) in [6.07, 6.45) is 1.73. The summed E-state index contributed by atoms with van der Waals surface area (Å²) in [4.78, 5) is 15.0. The van der Waals surface area contributed by atoms with Gasteiger partial charge in [0.1, 0.15) is 5.75 Å². The Kier molecular flexibility index (Phi) is 6.56. The summed E-state index contributed by atoms with van der Waals surface area (Å²) in [5.41, 5.74) is 1.75. The van der Waals surface area contributed by atoms with Crippen molar-refractivity contribution >= 4 is 40.2 Å². The van der Waals surface area contributed by atoms with Crippen LogP contribution in [-0.2, 0) is 6.67 Å². The quantitative estimate of drug-likeness (QED) is 0.413. The number of methoxy groups -OCH3 is 1. The van der Waals surface area contributed by atoms with E-state index >= 15 is 0 Å². The maximum Gasteiger partial charge on any atom is 0.209 e. The second-order valence-corrected chi connectivity index (χ2v) is 8.91. The zero-order valence-electron chi connectivity index (χ0n) is 16.8. The smallest absolute Gasteiger partial charge is 0.209 e. The predicted octanol–water partition coefficient (Wildman–Crippen LogP) is 4.98. The number of benzene rings is 2. The topological polar surface area (TPSA) is 59.4 Å². The summed E-state index contributed by atoms with van der Waals surface area (Å²) in [5, 5.41) is 8.68. The van der Waals surface area contributed by atoms with Crippen molar-refractivity contribution < 1.29 is 9.53 Å². The number of anilines is 2. The van der Waals surface area contributed by atoms with Gasteiger partial charge in [0.25, 0.3) is 0 Å². The Morgan fingerprint density at radius 1 is 1.17 bits per heavy atom. The highest BCUT2D eigenvalue weighted by Crippen LogP contribution is 2.25. The normalized spacial score (nSPS) is 15.1. The van der Waals surface area contributed by atoms with Crippen LogP contribution in [0.15, 0.2) is 54.6 Å². The second kappa shape index (κ2) is 9.51. The lowest BCUT2D eigenvalue weighted by atomic mass is 9.89. The maximum absolute atomic E-state index is 12.7. The van der Waals surface area contributed by atoms with Crippen LogP contribution in [0.5, 0.6) is 5.75 Å². The minimum Gasteiger partial charge on any atom is -0.497 e. The summed E-state index contributed by atoms with van der Waals surface area (Å²) in [7, 11) is 1.65. The number of rotatable bonds is 7. The summed E-state index contributed by atoms with van der Waals surface area (Å²) in [6, 6.07) is 17.3. The molecule has 0 amide bonds. The largest absolute Gasteiger partial charge is 0.497 e. The van der Waals surface area contributed by atoms with E-state index in [1.165, 1.54) is 11.3 Å². The highest BCUT2D eigenvalue weighted by atomic mass is 32.1. The van der Waals surface area contributed by atoms with Crippen LogP contribution in [0.25, 0.3) is 0 Å². The van der Waals surface area contributed by atoms with E-state index in [2.05, 4.69) is 15.3 Å². The highest BCUT2D eigenvalue weighted by Gasteiger charge is 2.26. The molecule has 1 aliphatic rings. The number of likely N-dealkylation sites (tertiary alicyclic amines) is 1. The van der Waals surface area contributed by atoms with E-state index in [1.54, 1.807) is 7.11 Å². The van der Waals surface area contributed by atoms with Crippen LogP contribution in [0.2, 0.25) is 0 Å². The molecule has 0 bridgehead atoms. The average molecular weight is 441 g/mol. The van der Waals surface area contributed by atoms with Gasteiger partial charge in [-0.1, -0.05) is 41.7 Å². The van der Waals surface area contributed by atoms with Crippen molar-refractivity contribution in [2.45, 2.75) is 19.5 Å². The van der Waals surface area contributed by atoms with Crippen molar-refractivity contribution in [2.75, 3.05) is 25.5 Å². The third-order valence-corrected chi connectivity index (χ3v) is 6.52. The molecule has 1 fully saturated rings. The molecule has 30 heavy (non-hydrogen) atoms. The molecule has 2 heterocycles. The SMILES string of the molecule is COc1ccc(Nc2nn(CN3CCC(C(=O)c4ccccc4)CC3)c(=S)s2)cc1. The highest BCUT2D eigenvalue weighted by molar-refractivity contribution is 7.73. The molecule has 6 nitrogen and oxygen atoms in total. The summed E-state index contributed by atoms with van der Waals surface area (Å²) >= 11 is 6.96. The first-order valence-corrected chi connectivity index (χ1v) is 11.2. The van der Waals surface area contributed by atoms with Crippen molar-refractivity contribution in [3.63, 3.8) is 0 Å². The van der Waals surface area contributed by atoms with Crippen molar-refractivity contribution in [2.24, 2.45) is 5.92 Å². The van der Waals surface area contributed by atoms with Crippen LogP contribution in [-0.4, -0.2) is 40.7 Å². The number of hydrogen-bond donors (Lipinski definition) is 1. The van der Waals surface area contributed by atoms with Gasteiger partial charge in [-0.25, -0.2) is 4.68 Å². The fourth-order valence-corrected chi connectivity index (χ4v) is 4.62. The molecule has 4 rings (SSSR count). The molecule has 3 aromatic rings. The molecule has 0 unspecified atom stereocenters. The summed E-state index contributed by atoms with van der Waals surface area (Å²) in [5.74, 6) is 1.17. The van der Waals surface area contributed by atoms with Crippen molar-refractivity contribution in [3.05, 3.63) is 64.1 Å². The number of ketones is 1. The lowest BCUT2D eigenvalue weighted by molar-refractivity contribution is 0.0804. The Hall–Kier alpha value is -2.55. The fraction of sp³-hybridized carbons (Fsp3) is 0.318. The first-order valence-electron chi connectivity index (χ1n) is 9.93. The molecular weight excluding hydrogens is 416 g/mol. The number of nitrogens with one attached hydrogen (secondary N) is 1. The standard InChI is InChI=1S/C22H24N4O2S2/c1-28-19-9-7-18(8-10-19)23-21-24-26(22(29)30-21)15-25-13-11-17(12-14-25)20(27)16-5-3-2-4-6-16/h2-10,17H,11-15H2,1H3,(H,23,24). The van der Waals surface area contributed by atoms with E-state index in [0.29, 0.717) is 6.67 Å². The van der Waals surface area contributed by atoms with Gasteiger partial charge < -0.3 is 10.1 Å². The van der Waals surface area contributed by atoms with E-state index in [4.69, 9.17) is 17.0 Å². The zero-order chi connectivity index (χ0) is 20.9. The molecule has 1 N–H and O–H groups in total. The molecule has 0 spiro atoms. The van der Waals surface area contributed by atoms with Gasteiger partial charge in [-0.05, 0) is 49.3 Å². The molecule has 1 saturated heterocycles. The monoisotopic (exact) mass is 440 g/mol. The van der Waals surface area contributed by atoms with Crippen LogP contribution in [0.4, 0.5) is 10.8 Å². The molecular formula is C22H24N4O2S2. The van der Waals surface area contributed by atoms with Crippen LogP contribution < -0.4 is 10.1 Å². The van der Waals surface area contributed by atoms with Crippen molar-refractivity contribution in [1.82, 2.24) is 14.7 Å². The number of hydrogen-bond acceptors (Lipinski definition) is 7. The molecule has 8 heteroatoms. The average Bonchev–Trinajstić information content (AvgIpc) is 3.13. The molecule has 0 atom stereocenters. The Morgan fingerprint density at radius 3 is 2.53 bits per heavy atom. The summed E-state index contributed by atoms with van der Waals surface area (Å²) < 4.78 is 7.77. The van der Waals surface area contributed by atoms with Gasteiger partial charge in [-0.2, -0.15) is 0 Å². The van der Waals surface area contributed by atoms with Crippen molar-refractivity contribution in [1.29, 1.82) is 0 Å². The summed E-state index contributed by atoms with van der Waals surface area (Å²) in [6.45, 7) is 2.37. The van der Waals surface area contributed by atoms with E-state index in [1.807, 2.05) is 59.3 Å². The Morgan fingerprint density at radius 2 is 1.87 bits per heavy atom. The number of piperidine rings is 1. The molecule has 2 aromatic carbocycles. The lowest BCUT2D eigenvalue weighted by Crippen LogP contribution is -2.37. The van der Waals surface area contributed by atoms with Crippen LogP contribution in [0.1, 0.15) is 23.2 Å². The second-order valence-electron chi connectivity index (χ2n) is 7.29. The van der Waals surface area contributed by atoms with Crippen molar-refractivity contribution in [3.8, 4) is 5.75 Å². The van der Waals surface area contributed by atoms with Crippen LogP contribution in [0, 0.1) is 9.87 Å². The molecule has 0 aliphatic carbocycles. The van der Waals surface area contributed by atoms with Crippen LogP contribution in [0.3, 0.4) is 0 Å². The van der Waals surface area contributed by atoms with Gasteiger partial charge in [0.05, 0.1) is 13.8 Å². The van der Waals surface area contributed by atoms with E-state index in [-0.39, 0.29) is 11.7 Å². The van der Waals surface area contributed by atoms with Crippen LogP contribution >= 0.6 is 23.6 Å². The molecule has 156 valence electrons. The first kappa shape index (κ1) is 20.7. The fourth-order valence-electron chi connectivity index (χ4n) is 3.61. The maximum atomic E-state index is 12.7. The van der Waals surface area contributed by atoms with E-state index in [9.17, 15) is 4.79 Å². The third kappa shape index (κ3) is 4.95. The van der Waals surface area contributed by atoms with Gasteiger partial charge in [0, 0.05) is 30.3 Å². The lowest BCUT2D eigenvalue weighted by Gasteiger charge is -2.30. The number of nitrogens with zero attached hydrogens (tertiary/aromatic N) is 3. The number of Topliss-reactive ketones (excluding diaryl/α,β-unsaturated/α-hetero) is 1. The minimum absolute atomic E-state index is 0.0966. The predicted molar refractivity (Wildman–Crippen MR) is 122 cm³/mol. The molecule has 0 radical (unpaired) electrons. The number of aromatic nitrogens is 2.